The van der Waals surface area contributed by atoms with Gasteiger partial charge in [0.25, 0.3) is 0 Å². The van der Waals surface area contributed by atoms with Crippen LogP contribution in [0.3, 0.4) is 0 Å². The van der Waals surface area contributed by atoms with Crippen LogP contribution in [0, 0.1) is 5.41 Å². The number of halogens is 2. The highest BCUT2D eigenvalue weighted by molar-refractivity contribution is 6.42. The Morgan fingerprint density at radius 3 is 2.73 bits per heavy atom. The molecule has 0 bridgehead atoms. The normalized spacial score (nSPS) is 13.9. The van der Waals surface area contributed by atoms with E-state index in [1.54, 1.807) is 31.0 Å². The number of rotatable bonds is 7. The van der Waals surface area contributed by atoms with Crippen LogP contribution in [-0.2, 0) is 33.8 Å². The molecule has 7 nitrogen and oxygen atoms in total. The van der Waals surface area contributed by atoms with Gasteiger partial charge in [-0.15, -0.1) is 0 Å². The predicted octanol–water partition coefficient (Wildman–Crippen LogP) is 4.40. The summed E-state index contributed by atoms with van der Waals surface area (Å²) in [7, 11) is 0. The minimum Gasteiger partial charge on any atom is -0.481 e. The first-order valence-electron chi connectivity index (χ1n) is 10.6. The van der Waals surface area contributed by atoms with Crippen LogP contribution in [0.2, 0.25) is 10.0 Å². The quantitative estimate of drug-likeness (QED) is 0.531. The van der Waals surface area contributed by atoms with E-state index in [0.29, 0.717) is 36.1 Å². The Kier molecular flexibility index (Phi) is 6.66. The van der Waals surface area contributed by atoms with Crippen LogP contribution in [0.1, 0.15) is 30.7 Å². The monoisotopic (exact) mass is 489 g/mol. The van der Waals surface area contributed by atoms with Gasteiger partial charge in [0, 0.05) is 30.4 Å². The van der Waals surface area contributed by atoms with Crippen LogP contribution in [0.5, 0.6) is 0 Å². The molecular formula is C24H25Cl2N3O4. The predicted molar refractivity (Wildman–Crippen MR) is 127 cm³/mol. The van der Waals surface area contributed by atoms with E-state index in [1.807, 2.05) is 18.2 Å². The molecular weight excluding hydrogens is 465 g/mol. The number of aromatic nitrogens is 2. The summed E-state index contributed by atoms with van der Waals surface area (Å²) in [5.74, 6) is -1.13. The molecule has 0 aliphatic carbocycles. The van der Waals surface area contributed by atoms with Gasteiger partial charge >= 0.3 is 5.97 Å². The van der Waals surface area contributed by atoms with E-state index >= 15 is 0 Å². The second-order valence-electron chi connectivity index (χ2n) is 8.88. The van der Waals surface area contributed by atoms with E-state index in [2.05, 4.69) is 15.6 Å². The zero-order valence-corrected chi connectivity index (χ0v) is 20.0. The van der Waals surface area contributed by atoms with Gasteiger partial charge in [-0.3, -0.25) is 9.59 Å². The Labute approximate surface area is 201 Å². The molecule has 174 valence electrons. The molecule has 0 fully saturated rings. The van der Waals surface area contributed by atoms with Gasteiger partial charge in [0.05, 0.1) is 28.6 Å². The first-order chi connectivity index (χ1) is 15.7. The van der Waals surface area contributed by atoms with Crippen molar-refractivity contribution in [3.8, 4) is 0 Å². The van der Waals surface area contributed by atoms with E-state index in [9.17, 15) is 14.7 Å². The maximum Gasteiger partial charge on any atom is 0.311 e. The molecule has 2 aromatic heterocycles. The van der Waals surface area contributed by atoms with Crippen molar-refractivity contribution in [2.75, 3.05) is 19.8 Å². The lowest BCUT2D eigenvalue weighted by Crippen LogP contribution is -2.40. The first kappa shape index (κ1) is 23.5. The summed E-state index contributed by atoms with van der Waals surface area (Å²) in [6, 6.07) is 9.52. The minimum atomic E-state index is -1.05. The summed E-state index contributed by atoms with van der Waals surface area (Å²) >= 11 is 12.3. The zero-order valence-electron chi connectivity index (χ0n) is 18.5. The maximum absolute atomic E-state index is 12.8. The minimum absolute atomic E-state index is 0.0331. The molecule has 33 heavy (non-hydrogen) atoms. The van der Waals surface area contributed by atoms with Crippen LogP contribution in [-0.4, -0.2) is 51.2 Å². The molecule has 1 amide bonds. The average molecular weight is 490 g/mol. The third kappa shape index (κ3) is 4.86. The van der Waals surface area contributed by atoms with Crippen LogP contribution in [0.25, 0.3) is 11.0 Å². The molecule has 0 saturated heterocycles. The fourth-order valence-corrected chi connectivity index (χ4v) is 4.33. The third-order valence-electron chi connectivity index (χ3n) is 5.96. The fourth-order valence-electron chi connectivity index (χ4n) is 4.01. The molecule has 0 atom stereocenters. The number of carboxylic acid groups (broad SMARTS) is 1. The highest BCUT2D eigenvalue weighted by Crippen LogP contribution is 2.31. The van der Waals surface area contributed by atoms with Gasteiger partial charge in [-0.1, -0.05) is 29.3 Å². The molecule has 1 aromatic carbocycles. The van der Waals surface area contributed by atoms with Gasteiger partial charge in [0.2, 0.25) is 5.91 Å². The number of fused-ring (bicyclic) bond motifs is 3. The van der Waals surface area contributed by atoms with Crippen LogP contribution in [0.4, 0.5) is 0 Å². The van der Waals surface area contributed by atoms with Gasteiger partial charge in [0.1, 0.15) is 12.3 Å². The Morgan fingerprint density at radius 2 is 2.00 bits per heavy atom. The number of carboxylic acids is 1. The van der Waals surface area contributed by atoms with Crippen molar-refractivity contribution < 1.29 is 19.4 Å². The third-order valence-corrected chi connectivity index (χ3v) is 6.70. The van der Waals surface area contributed by atoms with Crippen molar-refractivity contribution in [1.82, 2.24) is 14.5 Å². The lowest BCUT2D eigenvalue weighted by molar-refractivity contribution is -0.153. The Balaban J connectivity index is 1.56. The molecule has 4 rings (SSSR count). The number of nitrogens with zero attached hydrogens (tertiary/aromatic N) is 3. The van der Waals surface area contributed by atoms with Crippen molar-refractivity contribution in [3.63, 3.8) is 0 Å². The number of hydrogen-bond acceptors (Lipinski definition) is 4. The highest BCUT2D eigenvalue weighted by atomic mass is 35.5. The van der Waals surface area contributed by atoms with Crippen molar-refractivity contribution in [3.05, 3.63) is 63.4 Å². The molecule has 1 aliphatic heterocycles. The summed E-state index contributed by atoms with van der Waals surface area (Å²) in [6.45, 7) is 4.50. The summed E-state index contributed by atoms with van der Waals surface area (Å²) in [5.41, 5.74) is 3.02. The summed E-state index contributed by atoms with van der Waals surface area (Å²) in [6.07, 6.45) is 2.47. The van der Waals surface area contributed by atoms with Gasteiger partial charge in [-0.2, -0.15) is 0 Å². The molecule has 0 unspecified atom stereocenters. The number of pyridine rings is 1. The van der Waals surface area contributed by atoms with Crippen LogP contribution >= 0.6 is 23.2 Å². The summed E-state index contributed by atoms with van der Waals surface area (Å²) in [4.78, 5) is 30.4. The molecule has 0 radical (unpaired) electrons. The van der Waals surface area contributed by atoms with Crippen LogP contribution in [0.15, 0.2) is 36.5 Å². The second kappa shape index (κ2) is 9.33. The van der Waals surface area contributed by atoms with Crippen molar-refractivity contribution in [2.45, 2.75) is 33.4 Å². The smallest absolute Gasteiger partial charge is 0.311 e. The number of aliphatic carboxylic acids is 1. The zero-order chi connectivity index (χ0) is 23.8. The van der Waals surface area contributed by atoms with Gasteiger partial charge < -0.3 is 19.3 Å². The lowest BCUT2D eigenvalue weighted by atomic mass is 9.95. The number of amides is 1. The van der Waals surface area contributed by atoms with E-state index < -0.39 is 11.4 Å². The Bertz CT molecular complexity index is 1220. The second-order valence-corrected chi connectivity index (χ2v) is 9.70. The summed E-state index contributed by atoms with van der Waals surface area (Å²) < 4.78 is 7.58. The maximum atomic E-state index is 12.8. The van der Waals surface area contributed by atoms with Crippen molar-refractivity contribution in [2.24, 2.45) is 5.41 Å². The van der Waals surface area contributed by atoms with E-state index in [1.165, 1.54) is 5.56 Å². The average Bonchev–Trinajstić information content (AvgIpc) is 3.09. The standard InChI is InChI=1S/C24H25Cl2N3O4/c1-24(2,23(31)32)14-33-13-21(30)28-9-7-16-17-4-3-8-27-22(17)29(20(16)12-28)11-15-5-6-18(25)19(26)10-15/h3-6,8,10H,7,9,11-14H2,1-2H3,(H,31,32). The molecule has 1 aliphatic rings. The number of ether oxygens (including phenoxy) is 1. The molecule has 0 saturated carbocycles. The van der Waals surface area contributed by atoms with Gasteiger partial charge in [0.15, 0.2) is 0 Å². The number of carbonyl (C=O) groups excluding carboxylic acids is 1. The van der Waals surface area contributed by atoms with Gasteiger partial charge in [-0.05, 0) is 55.7 Å². The molecule has 1 N–H and O–H groups in total. The van der Waals surface area contributed by atoms with Gasteiger partial charge in [-0.25, -0.2) is 4.98 Å². The van der Waals surface area contributed by atoms with Crippen LogP contribution < -0.4 is 0 Å². The molecule has 9 heteroatoms. The SMILES string of the molecule is CC(C)(COCC(=O)N1CCc2c(n(Cc3ccc(Cl)c(Cl)c3)c3ncccc23)C1)C(=O)O. The fraction of sp³-hybridized carbons (Fsp3) is 0.375. The van der Waals surface area contributed by atoms with Crippen molar-refractivity contribution >= 4 is 46.1 Å². The molecule has 3 heterocycles. The Morgan fingerprint density at radius 1 is 1.21 bits per heavy atom. The van der Waals surface area contributed by atoms with E-state index in [4.69, 9.17) is 27.9 Å². The lowest BCUT2D eigenvalue weighted by Gasteiger charge is -2.29. The molecule has 3 aromatic rings. The Hall–Kier alpha value is -2.61. The highest BCUT2D eigenvalue weighted by Gasteiger charge is 2.30. The van der Waals surface area contributed by atoms with E-state index in [-0.39, 0.29) is 19.1 Å². The number of hydrogen-bond donors (Lipinski definition) is 1. The largest absolute Gasteiger partial charge is 0.481 e. The number of benzene rings is 1. The number of carbonyl (C=O) groups is 2. The summed E-state index contributed by atoms with van der Waals surface area (Å²) in [5, 5.41) is 11.3. The van der Waals surface area contributed by atoms with E-state index in [0.717, 1.165) is 22.3 Å². The first-order valence-corrected chi connectivity index (χ1v) is 11.4. The van der Waals surface area contributed by atoms with Crippen molar-refractivity contribution in [1.29, 1.82) is 0 Å². The molecule has 0 spiro atoms. The topological polar surface area (TPSA) is 84.7 Å².